The molecule has 5 nitrogen and oxygen atoms in total. The molecule has 4 rings (SSSR count). The summed E-state index contributed by atoms with van der Waals surface area (Å²) in [5, 5.41) is 0.995. The number of nitrogens with one attached hydrogen (secondary N) is 1. The number of hydrogen-bond donors (Lipinski definition) is 1. The second-order valence-electron chi connectivity index (χ2n) is 6.89. The van der Waals surface area contributed by atoms with Gasteiger partial charge < -0.3 is 14.8 Å². The maximum absolute atomic E-state index is 13.8. The van der Waals surface area contributed by atoms with Crippen LogP contribution in [0.5, 0.6) is 0 Å². The largest absolute Gasteiger partial charge is 0.351 e. The minimum atomic E-state index is -0.383. The van der Waals surface area contributed by atoms with E-state index in [-0.39, 0.29) is 17.6 Å². The quantitative estimate of drug-likeness (QED) is 0.605. The number of fused-ring (bicyclic) bond motifs is 1. The molecule has 1 aromatic heterocycles. The zero-order valence-electron chi connectivity index (χ0n) is 15.6. The zero-order valence-corrected chi connectivity index (χ0v) is 17.2. The molecule has 0 unspecified atom stereocenters. The first-order valence-electron chi connectivity index (χ1n) is 9.30. The van der Waals surface area contributed by atoms with Crippen molar-refractivity contribution in [1.82, 2.24) is 14.8 Å². The van der Waals surface area contributed by atoms with E-state index in [2.05, 4.69) is 20.9 Å². The van der Waals surface area contributed by atoms with Crippen molar-refractivity contribution in [2.24, 2.45) is 0 Å². The van der Waals surface area contributed by atoms with Crippen molar-refractivity contribution in [1.29, 1.82) is 0 Å². The van der Waals surface area contributed by atoms with Gasteiger partial charge in [-0.25, -0.2) is 4.39 Å². The van der Waals surface area contributed by atoms with Gasteiger partial charge in [0.25, 0.3) is 5.91 Å². The maximum atomic E-state index is 13.8. The summed E-state index contributed by atoms with van der Waals surface area (Å²) in [7, 11) is 0. The topological polar surface area (TPSA) is 56.4 Å². The van der Waals surface area contributed by atoms with Crippen LogP contribution in [0.3, 0.4) is 0 Å². The molecule has 1 fully saturated rings. The van der Waals surface area contributed by atoms with Crippen molar-refractivity contribution in [2.75, 3.05) is 26.2 Å². The third kappa shape index (κ3) is 4.24. The Labute approximate surface area is 175 Å². The molecule has 7 heteroatoms. The Kier molecular flexibility index (Phi) is 5.49. The van der Waals surface area contributed by atoms with Gasteiger partial charge in [0.15, 0.2) is 0 Å². The Hall–Kier alpha value is -2.93. The third-order valence-corrected chi connectivity index (χ3v) is 5.50. The summed E-state index contributed by atoms with van der Waals surface area (Å²) >= 11 is 3.29. The van der Waals surface area contributed by atoms with Crippen LogP contribution in [-0.4, -0.2) is 52.8 Å². The van der Waals surface area contributed by atoms with Crippen LogP contribution in [0.15, 0.2) is 59.1 Å². The molecule has 0 bridgehead atoms. The molecule has 3 aromatic rings. The van der Waals surface area contributed by atoms with Crippen molar-refractivity contribution >= 4 is 44.7 Å². The normalized spacial score (nSPS) is 14.7. The molecule has 1 aliphatic heterocycles. The van der Waals surface area contributed by atoms with Crippen molar-refractivity contribution in [3.8, 4) is 0 Å². The van der Waals surface area contributed by atoms with Gasteiger partial charge in [0.05, 0.1) is 0 Å². The van der Waals surface area contributed by atoms with E-state index in [4.69, 9.17) is 0 Å². The highest BCUT2D eigenvalue weighted by Gasteiger charge is 2.24. The monoisotopic (exact) mass is 455 g/mol. The van der Waals surface area contributed by atoms with Gasteiger partial charge in [-0.15, -0.1) is 0 Å². The summed E-state index contributed by atoms with van der Waals surface area (Å²) in [4.78, 5) is 31.7. The minimum Gasteiger partial charge on any atom is -0.351 e. The van der Waals surface area contributed by atoms with Crippen LogP contribution < -0.4 is 0 Å². The molecule has 1 N–H and O–H groups in total. The van der Waals surface area contributed by atoms with Crippen LogP contribution in [0.25, 0.3) is 17.0 Å². The SMILES string of the molecule is O=C(/C=C/c1cc(Br)ccc1F)N1CCN(C(=O)c2cc3ccccc3[nH]2)CC1. The molecule has 2 heterocycles. The lowest BCUT2D eigenvalue weighted by Crippen LogP contribution is -2.50. The number of nitrogens with zero attached hydrogens (tertiary/aromatic N) is 2. The maximum Gasteiger partial charge on any atom is 0.270 e. The fourth-order valence-corrected chi connectivity index (χ4v) is 3.78. The van der Waals surface area contributed by atoms with Crippen LogP contribution in [0.4, 0.5) is 4.39 Å². The van der Waals surface area contributed by atoms with Gasteiger partial charge >= 0.3 is 0 Å². The van der Waals surface area contributed by atoms with E-state index in [1.54, 1.807) is 21.9 Å². The number of rotatable bonds is 3. The first kappa shape index (κ1) is 19.4. The molecule has 0 saturated carbocycles. The number of amides is 2. The fraction of sp³-hybridized carbons (Fsp3) is 0.182. The van der Waals surface area contributed by atoms with Crippen molar-refractivity contribution < 1.29 is 14.0 Å². The lowest BCUT2D eigenvalue weighted by Gasteiger charge is -2.34. The Morgan fingerprint density at radius 1 is 1.00 bits per heavy atom. The van der Waals surface area contributed by atoms with E-state index in [1.807, 2.05) is 30.3 Å². The lowest BCUT2D eigenvalue weighted by molar-refractivity contribution is -0.127. The molecular weight excluding hydrogens is 437 g/mol. The van der Waals surface area contributed by atoms with Gasteiger partial charge in [0.2, 0.25) is 5.91 Å². The van der Waals surface area contributed by atoms with E-state index < -0.39 is 0 Å². The highest BCUT2D eigenvalue weighted by Crippen LogP contribution is 2.18. The average molecular weight is 456 g/mol. The summed E-state index contributed by atoms with van der Waals surface area (Å²) in [5.74, 6) is -0.645. The fourth-order valence-electron chi connectivity index (χ4n) is 3.40. The first-order chi connectivity index (χ1) is 14.0. The molecular formula is C22H19BrFN3O2. The second-order valence-corrected chi connectivity index (χ2v) is 7.80. The van der Waals surface area contributed by atoms with Gasteiger partial charge in [-0.05, 0) is 36.4 Å². The van der Waals surface area contributed by atoms with E-state index in [0.29, 0.717) is 37.4 Å². The van der Waals surface area contributed by atoms with Gasteiger partial charge in [-0.1, -0.05) is 34.1 Å². The van der Waals surface area contributed by atoms with Gasteiger partial charge in [0.1, 0.15) is 11.5 Å². The van der Waals surface area contributed by atoms with Crippen LogP contribution in [0.1, 0.15) is 16.1 Å². The zero-order chi connectivity index (χ0) is 20.4. The summed E-state index contributed by atoms with van der Waals surface area (Å²) in [6.45, 7) is 1.80. The highest BCUT2D eigenvalue weighted by molar-refractivity contribution is 9.10. The van der Waals surface area contributed by atoms with Crippen molar-refractivity contribution in [3.63, 3.8) is 0 Å². The molecule has 2 amide bonds. The Balaban J connectivity index is 1.37. The summed E-state index contributed by atoms with van der Waals surface area (Å²) in [6.07, 6.45) is 2.85. The smallest absolute Gasteiger partial charge is 0.270 e. The van der Waals surface area contributed by atoms with Crippen molar-refractivity contribution in [3.05, 3.63) is 76.2 Å². The predicted molar refractivity (Wildman–Crippen MR) is 114 cm³/mol. The molecule has 29 heavy (non-hydrogen) atoms. The number of carbonyl (C=O) groups excluding carboxylic acids is 2. The molecule has 0 atom stereocenters. The average Bonchev–Trinajstić information content (AvgIpc) is 3.18. The van der Waals surface area contributed by atoms with Crippen molar-refractivity contribution in [2.45, 2.75) is 0 Å². The Morgan fingerprint density at radius 2 is 1.72 bits per heavy atom. The van der Waals surface area contributed by atoms with E-state index >= 15 is 0 Å². The molecule has 0 spiro atoms. The first-order valence-corrected chi connectivity index (χ1v) is 10.1. The van der Waals surface area contributed by atoms with Crippen LogP contribution in [0.2, 0.25) is 0 Å². The number of halogens is 2. The minimum absolute atomic E-state index is 0.0694. The van der Waals surface area contributed by atoms with E-state index in [0.717, 1.165) is 15.4 Å². The van der Waals surface area contributed by atoms with Gasteiger partial charge in [-0.2, -0.15) is 0 Å². The summed E-state index contributed by atoms with van der Waals surface area (Å²) < 4.78 is 14.5. The van der Waals surface area contributed by atoms with Crippen LogP contribution in [0, 0.1) is 5.82 Å². The summed E-state index contributed by atoms with van der Waals surface area (Å²) in [6, 6.07) is 14.2. The standard InChI is InChI=1S/C22H19BrFN3O2/c23-17-6-7-18(24)15(13-17)5-8-21(28)26-9-11-27(12-10-26)22(29)20-14-16-3-1-2-4-19(16)25-20/h1-8,13-14,25H,9-12H2/b8-5+. The molecule has 0 radical (unpaired) electrons. The molecule has 2 aromatic carbocycles. The number of hydrogen-bond acceptors (Lipinski definition) is 2. The third-order valence-electron chi connectivity index (χ3n) is 5.00. The molecule has 1 saturated heterocycles. The van der Waals surface area contributed by atoms with Gasteiger partial charge in [-0.3, -0.25) is 9.59 Å². The Bertz CT molecular complexity index is 1070. The summed E-state index contributed by atoms with van der Waals surface area (Å²) in [5.41, 5.74) is 1.82. The van der Waals surface area contributed by atoms with Crippen LogP contribution >= 0.6 is 15.9 Å². The second kappa shape index (κ2) is 8.21. The van der Waals surface area contributed by atoms with Gasteiger partial charge in [0, 0.05) is 53.2 Å². The predicted octanol–water partition coefficient (Wildman–Crippen LogP) is 4.07. The molecule has 0 aliphatic carbocycles. The lowest BCUT2D eigenvalue weighted by atomic mass is 10.2. The highest BCUT2D eigenvalue weighted by atomic mass is 79.9. The number of H-pyrrole nitrogens is 1. The Morgan fingerprint density at radius 3 is 2.48 bits per heavy atom. The number of aromatic nitrogens is 1. The number of aromatic amines is 1. The van der Waals surface area contributed by atoms with E-state index in [1.165, 1.54) is 18.2 Å². The van der Waals surface area contributed by atoms with E-state index in [9.17, 15) is 14.0 Å². The van der Waals surface area contributed by atoms with Crippen LogP contribution in [-0.2, 0) is 4.79 Å². The number of carbonyl (C=O) groups is 2. The molecule has 148 valence electrons. The number of benzene rings is 2. The number of para-hydroxylation sites is 1. The molecule has 1 aliphatic rings. The number of piperazine rings is 1.